The van der Waals surface area contributed by atoms with Gasteiger partial charge in [-0.1, -0.05) is 81.6 Å². The highest BCUT2D eigenvalue weighted by Crippen LogP contribution is 2.31. The number of anilines is 1. The average molecular weight is 533 g/mol. The topological polar surface area (TPSA) is 91.3 Å². The molecule has 2 heterocycles. The van der Waals surface area contributed by atoms with E-state index >= 15 is 0 Å². The first-order valence-electron chi connectivity index (χ1n) is 14.1. The molecule has 2 aromatic rings. The highest BCUT2D eigenvalue weighted by atomic mass is 16.5. The molecule has 3 amide bonds. The standard InChI is InChI=1S/C31H40N4O4/c1-22(2)19-26-25-16-12-13-23(3)28(25)35(20-27(36)34-17-10-5-4-6-11-18-34)30(37)29(32-26)33-31(38)39-21-24-14-8-7-9-15-24/h7-9,12-16,22,29H,4-6,10-11,17-21H2,1-3H3,(H,33,38). The van der Waals surface area contributed by atoms with Gasteiger partial charge in [0.2, 0.25) is 12.1 Å². The molecular weight excluding hydrogens is 492 g/mol. The minimum Gasteiger partial charge on any atom is -0.445 e. The maximum atomic E-state index is 14.0. The highest BCUT2D eigenvalue weighted by molar-refractivity contribution is 6.15. The molecule has 1 saturated heterocycles. The van der Waals surface area contributed by atoms with Crippen LogP contribution in [0.5, 0.6) is 0 Å². The van der Waals surface area contributed by atoms with E-state index in [1.807, 2.05) is 60.4 Å². The lowest BCUT2D eigenvalue weighted by molar-refractivity contribution is -0.132. The van der Waals surface area contributed by atoms with Gasteiger partial charge in [-0.15, -0.1) is 0 Å². The fraction of sp³-hybridized carbons (Fsp3) is 0.484. The number of rotatable bonds is 7. The summed E-state index contributed by atoms with van der Waals surface area (Å²) < 4.78 is 5.41. The maximum Gasteiger partial charge on any atom is 0.409 e. The first-order valence-corrected chi connectivity index (χ1v) is 14.1. The Balaban J connectivity index is 1.62. The Hall–Kier alpha value is -3.68. The van der Waals surface area contributed by atoms with Gasteiger partial charge in [-0.2, -0.15) is 0 Å². The number of aliphatic imine (C=N–C) groups is 1. The third kappa shape index (κ3) is 7.46. The summed E-state index contributed by atoms with van der Waals surface area (Å²) >= 11 is 0. The summed E-state index contributed by atoms with van der Waals surface area (Å²) in [5, 5.41) is 2.67. The zero-order valence-corrected chi connectivity index (χ0v) is 23.3. The molecule has 1 N–H and O–H groups in total. The number of benzene rings is 2. The van der Waals surface area contributed by atoms with E-state index in [2.05, 4.69) is 19.2 Å². The number of hydrogen-bond acceptors (Lipinski definition) is 5. The summed E-state index contributed by atoms with van der Waals surface area (Å²) in [6.45, 7) is 7.49. The number of benzodiazepines with no additional fused rings is 1. The van der Waals surface area contributed by atoms with Crippen LogP contribution in [0.1, 0.15) is 69.1 Å². The predicted octanol–water partition coefficient (Wildman–Crippen LogP) is 5.22. The fourth-order valence-electron chi connectivity index (χ4n) is 5.20. The molecule has 2 aliphatic rings. The van der Waals surface area contributed by atoms with E-state index in [0.717, 1.165) is 48.1 Å². The number of amides is 3. The van der Waals surface area contributed by atoms with Crippen molar-refractivity contribution in [3.05, 3.63) is 65.2 Å². The van der Waals surface area contributed by atoms with Gasteiger partial charge in [-0.25, -0.2) is 4.79 Å². The van der Waals surface area contributed by atoms with Crippen LogP contribution < -0.4 is 10.2 Å². The first kappa shape index (κ1) is 28.3. The molecule has 8 heteroatoms. The molecule has 0 bridgehead atoms. The van der Waals surface area contributed by atoms with E-state index in [-0.39, 0.29) is 25.0 Å². The second kappa shape index (κ2) is 13.4. The van der Waals surface area contributed by atoms with Crippen LogP contribution in [0.2, 0.25) is 0 Å². The molecule has 0 saturated carbocycles. The van der Waals surface area contributed by atoms with E-state index in [1.165, 1.54) is 11.3 Å². The molecule has 208 valence electrons. The Bertz CT molecular complexity index is 1190. The smallest absolute Gasteiger partial charge is 0.409 e. The van der Waals surface area contributed by atoms with Crippen LogP contribution in [0.25, 0.3) is 0 Å². The van der Waals surface area contributed by atoms with Crippen molar-refractivity contribution < 1.29 is 19.1 Å². The van der Waals surface area contributed by atoms with E-state index in [0.29, 0.717) is 25.2 Å². The van der Waals surface area contributed by atoms with Crippen LogP contribution in [-0.2, 0) is 20.9 Å². The molecule has 1 unspecified atom stereocenters. The van der Waals surface area contributed by atoms with Gasteiger partial charge in [-0.05, 0) is 43.2 Å². The van der Waals surface area contributed by atoms with Crippen molar-refractivity contribution in [2.75, 3.05) is 24.5 Å². The SMILES string of the molecule is Cc1cccc2c1N(CC(=O)N1CCCCCCC1)C(=O)C(NC(=O)OCc1ccccc1)N=C2CC(C)C. The minimum atomic E-state index is -1.20. The molecule has 39 heavy (non-hydrogen) atoms. The number of carbonyl (C=O) groups excluding carboxylic acids is 3. The van der Waals surface area contributed by atoms with Crippen LogP contribution in [0.15, 0.2) is 53.5 Å². The molecule has 1 atom stereocenters. The van der Waals surface area contributed by atoms with Crippen molar-refractivity contribution in [2.45, 2.75) is 72.1 Å². The number of likely N-dealkylation sites (tertiary alicyclic amines) is 1. The number of nitrogens with zero attached hydrogens (tertiary/aromatic N) is 3. The van der Waals surface area contributed by atoms with Crippen LogP contribution >= 0.6 is 0 Å². The number of nitrogens with one attached hydrogen (secondary N) is 1. The van der Waals surface area contributed by atoms with E-state index in [4.69, 9.17) is 9.73 Å². The van der Waals surface area contributed by atoms with Crippen LogP contribution in [0.4, 0.5) is 10.5 Å². The molecule has 0 aliphatic carbocycles. The second-order valence-corrected chi connectivity index (χ2v) is 10.8. The third-order valence-electron chi connectivity index (χ3n) is 7.17. The Morgan fingerprint density at radius 2 is 1.69 bits per heavy atom. The number of carbonyl (C=O) groups is 3. The Morgan fingerprint density at radius 3 is 2.38 bits per heavy atom. The van der Waals surface area contributed by atoms with Gasteiger partial charge in [0.15, 0.2) is 0 Å². The molecule has 2 aromatic carbocycles. The first-order chi connectivity index (χ1) is 18.8. The minimum absolute atomic E-state index is 0.0760. The molecule has 0 spiro atoms. The third-order valence-corrected chi connectivity index (χ3v) is 7.17. The number of hydrogen-bond donors (Lipinski definition) is 1. The summed E-state index contributed by atoms with van der Waals surface area (Å²) in [7, 11) is 0. The van der Waals surface area contributed by atoms with E-state index < -0.39 is 18.2 Å². The average Bonchev–Trinajstić information content (AvgIpc) is 2.99. The Morgan fingerprint density at radius 1 is 1.00 bits per heavy atom. The van der Waals surface area contributed by atoms with E-state index in [1.54, 1.807) is 0 Å². The molecule has 2 aliphatic heterocycles. The molecular formula is C31H40N4O4. The number of ether oxygens (including phenoxy) is 1. The summed E-state index contributed by atoms with van der Waals surface area (Å²) in [6, 6.07) is 15.2. The fourth-order valence-corrected chi connectivity index (χ4v) is 5.20. The molecule has 1 fully saturated rings. The monoisotopic (exact) mass is 532 g/mol. The van der Waals surface area contributed by atoms with Crippen molar-refractivity contribution in [1.82, 2.24) is 10.2 Å². The zero-order valence-electron chi connectivity index (χ0n) is 23.3. The van der Waals surface area contributed by atoms with Gasteiger partial charge in [0.1, 0.15) is 13.2 Å². The van der Waals surface area contributed by atoms with Gasteiger partial charge in [0, 0.05) is 24.4 Å². The zero-order chi connectivity index (χ0) is 27.8. The van der Waals surface area contributed by atoms with Crippen LogP contribution in [-0.4, -0.2) is 54.3 Å². The predicted molar refractivity (Wildman–Crippen MR) is 153 cm³/mol. The Labute approximate surface area is 231 Å². The lowest BCUT2D eigenvalue weighted by Gasteiger charge is -2.30. The van der Waals surface area contributed by atoms with Crippen molar-refractivity contribution >= 4 is 29.3 Å². The largest absolute Gasteiger partial charge is 0.445 e. The molecule has 4 rings (SSSR count). The van der Waals surface area contributed by atoms with Gasteiger partial charge in [0.05, 0.1) is 5.69 Å². The van der Waals surface area contributed by atoms with Gasteiger partial charge in [-0.3, -0.25) is 24.8 Å². The lowest BCUT2D eigenvalue weighted by Crippen LogP contribution is -2.51. The molecule has 0 aromatic heterocycles. The second-order valence-electron chi connectivity index (χ2n) is 10.8. The number of fused-ring (bicyclic) bond motifs is 1. The normalized spacial score (nSPS) is 18.0. The summed E-state index contributed by atoms with van der Waals surface area (Å²) in [4.78, 5) is 48.5. The highest BCUT2D eigenvalue weighted by Gasteiger charge is 2.35. The number of alkyl carbamates (subject to hydrolysis) is 1. The van der Waals surface area contributed by atoms with Crippen LogP contribution in [0, 0.1) is 12.8 Å². The quantitative estimate of drug-likeness (QED) is 0.529. The number of aryl methyl sites for hydroxylation is 1. The van der Waals surface area contributed by atoms with Crippen molar-refractivity contribution in [3.63, 3.8) is 0 Å². The summed E-state index contributed by atoms with van der Waals surface area (Å²) in [6.07, 6.45) is 4.03. The van der Waals surface area contributed by atoms with Gasteiger partial charge < -0.3 is 9.64 Å². The molecule has 0 radical (unpaired) electrons. The van der Waals surface area contributed by atoms with Crippen molar-refractivity contribution in [2.24, 2.45) is 10.9 Å². The Kier molecular flexibility index (Phi) is 9.74. The van der Waals surface area contributed by atoms with Gasteiger partial charge >= 0.3 is 6.09 Å². The van der Waals surface area contributed by atoms with Crippen molar-refractivity contribution in [3.8, 4) is 0 Å². The van der Waals surface area contributed by atoms with Crippen LogP contribution in [0.3, 0.4) is 0 Å². The molecule has 8 nitrogen and oxygen atoms in total. The lowest BCUT2D eigenvalue weighted by atomic mass is 9.96. The summed E-state index contributed by atoms with van der Waals surface area (Å²) in [5.74, 6) is -0.259. The maximum absolute atomic E-state index is 14.0. The number of para-hydroxylation sites is 1. The van der Waals surface area contributed by atoms with E-state index in [9.17, 15) is 14.4 Å². The van der Waals surface area contributed by atoms with Crippen molar-refractivity contribution in [1.29, 1.82) is 0 Å². The van der Waals surface area contributed by atoms with Gasteiger partial charge in [0.25, 0.3) is 5.91 Å². The summed E-state index contributed by atoms with van der Waals surface area (Å²) in [5.41, 5.74) is 3.95.